The van der Waals surface area contributed by atoms with E-state index in [2.05, 4.69) is 10.6 Å². The molecule has 0 aromatic heterocycles. The Labute approximate surface area is 169 Å². The Kier molecular flexibility index (Phi) is 7.10. The zero-order valence-corrected chi connectivity index (χ0v) is 17.2. The lowest BCUT2D eigenvalue weighted by Crippen LogP contribution is -2.44. The van der Waals surface area contributed by atoms with Gasteiger partial charge in [0.2, 0.25) is 15.9 Å². The lowest BCUT2D eigenvalue weighted by Gasteiger charge is -2.21. The molecule has 0 saturated heterocycles. The molecule has 29 heavy (non-hydrogen) atoms. The molecule has 0 saturated carbocycles. The van der Waals surface area contributed by atoms with E-state index in [0.29, 0.717) is 12.0 Å². The van der Waals surface area contributed by atoms with Gasteiger partial charge in [-0.05, 0) is 49.1 Å². The van der Waals surface area contributed by atoms with Crippen LogP contribution in [0.15, 0.2) is 47.4 Å². The molecule has 1 atom stereocenters. The van der Waals surface area contributed by atoms with Crippen LogP contribution in [0.5, 0.6) is 0 Å². The Hall–Kier alpha value is -2.78. The van der Waals surface area contributed by atoms with E-state index < -0.39 is 38.6 Å². The number of rotatable bonds is 7. The summed E-state index contributed by atoms with van der Waals surface area (Å²) in [6.07, 6.45) is 0.334. The van der Waals surface area contributed by atoms with Gasteiger partial charge >= 0.3 is 0 Å². The molecule has 2 amide bonds. The summed E-state index contributed by atoms with van der Waals surface area (Å²) in [5, 5.41) is 10.2. The molecule has 0 fully saturated rings. The SMILES string of the molecule is Cc1ccccc1C(=O)NC(CC(C)C)C(=O)Nc1cc(F)cc(S(N)(=O)=O)c1. The average molecular weight is 421 g/mol. The number of carbonyl (C=O) groups excluding carboxylic acids is 2. The van der Waals surface area contributed by atoms with Gasteiger partial charge in [-0.2, -0.15) is 0 Å². The van der Waals surface area contributed by atoms with Gasteiger partial charge in [0, 0.05) is 11.3 Å². The van der Waals surface area contributed by atoms with Crippen molar-refractivity contribution in [2.45, 2.75) is 38.1 Å². The lowest BCUT2D eigenvalue weighted by molar-refractivity contribution is -0.118. The van der Waals surface area contributed by atoms with Gasteiger partial charge in [0.15, 0.2) is 0 Å². The highest BCUT2D eigenvalue weighted by Crippen LogP contribution is 2.18. The van der Waals surface area contributed by atoms with Gasteiger partial charge in [0.25, 0.3) is 5.91 Å². The maximum Gasteiger partial charge on any atom is 0.252 e. The van der Waals surface area contributed by atoms with E-state index in [-0.39, 0.29) is 11.6 Å². The summed E-state index contributed by atoms with van der Waals surface area (Å²) in [5.41, 5.74) is 1.13. The maximum absolute atomic E-state index is 13.8. The largest absolute Gasteiger partial charge is 0.340 e. The third-order valence-electron chi connectivity index (χ3n) is 4.19. The molecule has 9 heteroatoms. The lowest BCUT2D eigenvalue weighted by atomic mass is 10.0. The normalized spacial score (nSPS) is 12.5. The molecule has 2 rings (SSSR count). The summed E-state index contributed by atoms with van der Waals surface area (Å²) in [6.45, 7) is 5.57. The summed E-state index contributed by atoms with van der Waals surface area (Å²) in [7, 11) is -4.14. The molecule has 2 aromatic carbocycles. The smallest absolute Gasteiger partial charge is 0.252 e. The standard InChI is InChI=1S/C20H24FN3O4S/c1-12(2)8-18(24-19(25)17-7-5-4-6-13(17)3)20(26)23-15-9-14(21)10-16(11-15)29(22,27)28/h4-7,9-12,18H,8H2,1-3H3,(H,23,26)(H,24,25)(H2,22,27,28). The number of aryl methyl sites for hydroxylation is 1. The average Bonchev–Trinajstić information content (AvgIpc) is 2.59. The topological polar surface area (TPSA) is 118 Å². The van der Waals surface area contributed by atoms with Crippen LogP contribution in [0.4, 0.5) is 10.1 Å². The van der Waals surface area contributed by atoms with Crippen molar-refractivity contribution in [3.05, 3.63) is 59.4 Å². The summed E-state index contributed by atoms with van der Waals surface area (Å²) in [5.74, 6) is -1.79. The van der Waals surface area contributed by atoms with Crippen LogP contribution in [0.1, 0.15) is 36.2 Å². The van der Waals surface area contributed by atoms with E-state index in [1.165, 1.54) is 0 Å². The van der Waals surface area contributed by atoms with Gasteiger partial charge in [-0.25, -0.2) is 17.9 Å². The van der Waals surface area contributed by atoms with Crippen molar-refractivity contribution in [1.82, 2.24) is 5.32 Å². The fraction of sp³-hybridized carbons (Fsp3) is 0.300. The third-order valence-corrected chi connectivity index (χ3v) is 5.08. The van der Waals surface area contributed by atoms with E-state index >= 15 is 0 Å². The number of primary sulfonamides is 1. The van der Waals surface area contributed by atoms with Crippen molar-refractivity contribution in [2.24, 2.45) is 11.1 Å². The van der Waals surface area contributed by atoms with Crippen molar-refractivity contribution in [3.8, 4) is 0 Å². The second-order valence-corrected chi connectivity index (χ2v) is 8.74. The summed E-state index contributed by atoms with van der Waals surface area (Å²) in [6, 6.07) is 8.86. The Morgan fingerprint density at radius 3 is 2.38 bits per heavy atom. The Morgan fingerprint density at radius 1 is 1.14 bits per heavy atom. The van der Waals surface area contributed by atoms with E-state index in [0.717, 1.165) is 23.8 Å². The Bertz CT molecular complexity index is 1020. The van der Waals surface area contributed by atoms with Gasteiger partial charge in [-0.15, -0.1) is 0 Å². The molecule has 7 nitrogen and oxygen atoms in total. The van der Waals surface area contributed by atoms with E-state index in [9.17, 15) is 22.4 Å². The molecule has 4 N–H and O–H groups in total. The molecule has 0 spiro atoms. The number of nitrogens with two attached hydrogens (primary N) is 1. The van der Waals surface area contributed by atoms with E-state index in [4.69, 9.17) is 5.14 Å². The van der Waals surface area contributed by atoms with Crippen LogP contribution in [-0.4, -0.2) is 26.3 Å². The second kappa shape index (κ2) is 9.15. The van der Waals surface area contributed by atoms with Crippen LogP contribution in [0, 0.1) is 18.7 Å². The molecular formula is C20H24FN3O4S. The third kappa shape index (κ3) is 6.37. The van der Waals surface area contributed by atoms with Gasteiger partial charge in [0.1, 0.15) is 11.9 Å². The molecular weight excluding hydrogens is 397 g/mol. The van der Waals surface area contributed by atoms with E-state index in [1.807, 2.05) is 13.8 Å². The first-order valence-corrected chi connectivity index (χ1v) is 10.5. The zero-order chi connectivity index (χ0) is 21.8. The number of sulfonamides is 1. The monoisotopic (exact) mass is 421 g/mol. The van der Waals surface area contributed by atoms with Gasteiger partial charge < -0.3 is 10.6 Å². The summed E-state index contributed by atoms with van der Waals surface area (Å²) < 4.78 is 36.7. The molecule has 1 unspecified atom stereocenters. The fourth-order valence-electron chi connectivity index (χ4n) is 2.80. The molecule has 0 aliphatic rings. The van der Waals surface area contributed by atoms with Gasteiger partial charge in [0.05, 0.1) is 4.90 Å². The minimum atomic E-state index is -4.14. The minimum absolute atomic E-state index is 0.0714. The van der Waals surface area contributed by atoms with Crippen LogP contribution in [0.3, 0.4) is 0 Å². The van der Waals surface area contributed by atoms with Crippen LogP contribution in [0.25, 0.3) is 0 Å². The zero-order valence-electron chi connectivity index (χ0n) is 16.4. The number of carbonyl (C=O) groups is 2. The number of benzene rings is 2. The molecule has 0 aliphatic heterocycles. The van der Waals surface area contributed by atoms with Crippen molar-refractivity contribution in [3.63, 3.8) is 0 Å². The number of halogens is 1. The molecule has 0 radical (unpaired) electrons. The molecule has 0 heterocycles. The fourth-order valence-corrected chi connectivity index (χ4v) is 3.36. The minimum Gasteiger partial charge on any atom is -0.340 e. The number of amides is 2. The highest BCUT2D eigenvalue weighted by molar-refractivity contribution is 7.89. The quantitative estimate of drug-likeness (QED) is 0.637. The predicted octanol–water partition coefficient (Wildman–Crippen LogP) is 2.56. The van der Waals surface area contributed by atoms with Gasteiger partial charge in [-0.1, -0.05) is 32.0 Å². The molecule has 0 bridgehead atoms. The Balaban J connectivity index is 2.25. The first kappa shape index (κ1) is 22.5. The van der Waals surface area contributed by atoms with Gasteiger partial charge in [-0.3, -0.25) is 9.59 Å². The second-order valence-electron chi connectivity index (χ2n) is 7.18. The number of hydrogen-bond donors (Lipinski definition) is 3. The van der Waals surface area contributed by atoms with Crippen LogP contribution < -0.4 is 15.8 Å². The van der Waals surface area contributed by atoms with Crippen LogP contribution >= 0.6 is 0 Å². The molecule has 0 aliphatic carbocycles. The number of nitrogens with one attached hydrogen (secondary N) is 2. The van der Waals surface area contributed by atoms with Crippen molar-refractivity contribution < 1.29 is 22.4 Å². The summed E-state index contributed by atoms with van der Waals surface area (Å²) in [4.78, 5) is 24.9. The van der Waals surface area contributed by atoms with Crippen molar-refractivity contribution in [2.75, 3.05) is 5.32 Å². The van der Waals surface area contributed by atoms with Crippen LogP contribution in [0.2, 0.25) is 0 Å². The Morgan fingerprint density at radius 2 is 1.79 bits per heavy atom. The molecule has 2 aromatic rings. The highest BCUT2D eigenvalue weighted by atomic mass is 32.2. The highest BCUT2D eigenvalue weighted by Gasteiger charge is 2.24. The van der Waals surface area contributed by atoms with Crippen LogP contribution in [-0.2, 0) is 14.8 Å². The first-order chi connectivity index (χ1) is 13.5. The maximum atomic E-state index is 13.8. The van der Waals surface area contributed by atoms with Crippen molar-refractivity contribution >= 4 is 27.5 Å². The predicted molar refractivity (Wildman–Crippen MR) is 108 cm³/mol. The van der Waals surface area contributed by atoms with Crippen molar-refractivity contribution in [1.29, 1.82) is 0 Å². The first-order valence-electron chi connectivity index (χ1n) is 8.98. The number of anilines is 1. The van der Waals surface area contributed by atoms with E-state index in [1.54, 1.807) is 31.2 Å². The summed E-state index contributed by atoms with van der Waals surface area (Å²) >= 11 is 0. The number of hydrogen-bond acceptors (Lipinski definition) is 4. The molecule has 156 valence electrons.